The van der Waals surface area contributed by atoms with E-state index in [2.05, 4.69) is 4.98 Å². The van der Waals surface area contributed by atoms with Crippen LogP contribution >= 0.6 is 0 Å². The molecule has 72 valence electrons. The maximum Gasteiger partial charge on any atom is 0.213 e. The molecule has 1 atom stereocenters. The van der Waals surface area contributed by atoms with E-state index in [1.165, 1.54) is 0 Å². The van der Waals surface area contributed by atoms with Gasteiger partial charge in [0.2, 0.25) is 5.88 Å². The lowest BCUT2D eigenvalue weighted by Gasteiger charge is -2.10. The van der Waals surface area contributed by atoms with E-state index in [0.717, 1.165) is 5.56 Å². The summed E-state index contributed by atoms with van der Waals surface area (Å²) in [5.41, 5.74) is 6.72. The van der Waals surface area contributed by atoms with E-state index in [1.807, 2.05) is 6.07 Å². The van der Waals surface area contributed by atoms with Gasteiger partial charge in [0.05, 0.1) is 7.11 Å². The summed E-state index contributed by atoms with van der Waals surface area (Å²) in [6, 6.07) is 3.45. The number of hydrogen-bond donors (Lipinski definition) is 2. The predicted octanol–water partition coefficient (Wildman–Crippen LogP) is 0.472. The second-order valence-electron chi connectivity index (χ2n) is 2.75. The second kappa shape index (κ2) is 4.79. The molecule has 1 unspecified atom stereocenters. The SMILES string of the molecule is COc1cc(C(N)CCO)ccn1. The van der Waals surface area contributed by atoms with Crippen molar-refractivity contribution in [1.29, 1.82) is 0 Å². The van der Waals surface area contributed by atoms with Gasteiger partial charge in [-0.2, -0.15) is 0 Å². The Kier molecular flexibility index (Phi) is 3.67. The summed E-state index contributed by atoms with van der Waals surface area (Å²) < 4.78 is 4.95. The molecule has 0 bridgehead atoms. The number of pyridine rings is 1. The molecule has 1 aromatic heterocycles. The van der Waals surface area contributed by atoms with Gasteiger partial charge < -0.3 is 15.6 Å². The van der Waals surface area contributed by atoms with Gasteiger partial charge in [-0.25, -0.2) is 4.98 Å². The third-order valence-corrected chi connectivity index (χ3v) is 1.84. The summed E-state index contributed by atoms with van der Waals surface area (Å²) in [5, 5.41) is 8.70. The van der Waals surface area contributed by atoms with Crippen LogP contribution in [0, 0.1) is 0 Å². The van der Waals surface area contributed by atoms with Gasteiger partial charge in [0.25, 0.3) is 0 Å². The maximum atomic E-state index is 8.70. The topological polar surface area (TPSA) is 68.4 Å². The van der Waals surface area contributed by atoms with Crippen molar-refractivity contribution < 1.29 is 9.84 Å². The average molecular weight is 182 g/mol. The minimum absolute atomic E-state index is 0.0891. The molecule has 0 amide bonds. The first kappa shape index (κ1) is 9.95. The van der Waals surface area contributed by atoms with Gasteiger partial charge in [-0.15, -0.1) is 0 Å². The molecule has 4 heteroatoms. The van der Waals surface area contributed by atoms with Gasteiger partial charge in [-0.1, -0.05) is 0 Å². The Morgan fingerprint density at radius 1 is 1.69 bits per heavy atom. The highest BCUT2D eigenvalue weighted by atomic mass is 16.5. The predicted molar refractivity (Wildman–Crippen MR) is 49.4 cm³/mol. The van der Waals surface area contributed by atoms with Crippen LogP contribution in [0.2, 0.25) is 0 Å². The van der Waals surface area contributed by atoms with E-state index in [4.69, 9.17) is 15.6 Å². The highest BCUT2D eigenvalue weighted by molar-refractivity contribution is 5.23. The summed E-state index contributed by atoms with van der Waals surface area (Å²) in [7, 11) is 1.56. The molecule has 0 aromatic carbocycles. The van der Waals surface area contributed by atoms with Crippen LogP contribution < -0.4 is 10.5 Å². The number of ether oxygens (including phenoxy) is 1. The van der Waals surface area contributed by atoms with Gasteiger partial charge in [0.15, 0.2) is 0 Å². The lowest BCUT2D eigenvalue weighted by atomic mass is 10.1. The fourth-order valence-electron chi connectivity index (χ4n) is 1.07. The molecular formula is C9H14N2O2. The first-order valence-electron chi connectivity index (χ1n) is 4.14. The van der Waals surface area contributed by atoms with Crippen molar-refractivity contribution in [2.45, 2.75) is 12.5 Å². The van der Waals surface area contributed by atoms with Crippen LogP contribution in [0.1, 0.15) is 18.0 Å². The normalized spacial score (nSPS) is 12.5. The summed E-state index contributed by atoms with van der Waals surface area (Å²) in [4.78, 5) is 3.96. The van der Waals surface area contributed by atoms with E-state index >= 15 is 0 Å². The molecule has 1 rings (SSSR count). The Balaban J connectivity index is 2.75. The molecule has 0 saturated heterocycles. The molecule has 3 N–H and O–H groups in total. The van der Waals surface area contributed by atoms with Crippen LogP contribution in [0.4, 0.5) is 0 Å². The van der Waals surface area contributed by atoms with Crippen LogP contribution in [0.25, 0.3) is 0 Å². The van der Waals surface area contributed by atoms with Gasteiger partial charge in [-0.3, -0.25) is 0 Å². The Morgan fingerprint density at radius 3 is 3.08 bits per heavy atom. The molecule has 1 aromatic rings. The van der Waals surface area contributed by atoms with Crippen molar-refractivity contribution in [3.05, 3.63) is 23.9 Å². The molecule has 13 heavy (non-hydrogen) atoms. The quantitative estimate of drug-likeness (QED) is 0.710. The zero-order chi connectivity index (χ0) is 9.68. The van der Waals surface area contributed by atoms with Gasteiger partial charge in [0, 0.05) is 24.9 Å². The van der Waals surface area contributed by atoms with Crippen LogP contribution in [0.15, 0.2) is 18.3 Å². The van der Waals surface area contributed by atoms with E-state index in [9.17, 15) is 0 Å². The third kappa shape index (κ3) is 2.68. The Hall–Kier alpha value is -1.13. The minimum Gasteiger partial charge on any atom is -0.481 e. The number of aromatic nitrogens is 1. The standard InChI is InChI=1S/C9H14N2O2/c1-13-9-6-7(2-4-11-9)8(10)3-5-12/h2,4,6,8,12H,3,5,10H2,1H3. The number of methoxy groups -OCH3 is 1. The molecule has 0 saturated carbocycles. The lowest BCUT2D eigenvalue weighted by molar-refractivity contribution is 0.276. The Bertz CT molecular complexity index is 266. The first-order chi connectivity index (χ1) is 6.27. The molecule has 0 aliphatic rings. The molecule has 0 spiro atoms. The first-order valence-corrected chi connectivity index (χ1v) is 4.14. The number of aliphatic hydroxyl groups is 1. The van der Waals surface area contributed by atoms with Gasteiger partial charge in [-0.05, 0) is 18.1 Å². The van der Waals surface area contributed by atoms with E-state index in [0.29, 0.717) is 12.3 Å². The van der Waals surface area contributed by atoms with E-state index in [-0.39, 0.29) is 12.6 Å². The van der Waals surface area contributed by atoms with Crippen molar-refractivity contribution in [2.75, 3.05) is 13.7 Å². The number of aliphatic hydroxyl groups excluding tert-OH is 1. The van der Waals surface area contributed by atoms with Crippen molar-refractivity contribution in [2.24, 2.45) is 5.73 Å². The number of nitrogens with two attached hydrogens (primary N) is 1. The molecule has 1 heterocycles. The van der Waals surface area contributed by atoms with Gasteiger partial charge >= 0.3 is 0 Å². The fraction of sp³-hybridized carbons (Fsp3) is 0.444. The van der Waals surface area contributed by atoms with Gasteiger partial charge in [0.1, 0.15) is 0 Å². The maximum absolute atomic E-state index is 8.70. The van der Waals surface area contributed by atoms with Crippen LogP contribution in [0.5, 0.6) is 5.88 Å². The number of rotatable bonds is 4. The Morgan fingerprint density at radius 2 is 2.46 bits per heavy atom. The zero-order valence-electron chi connectivity index (χ0n) is 7.60. The zero-order valence-corrected chi connectivity index (χ0v) is 7.60. The molecule has 4 nitrogen and oxygen atoms in total. The third-order valence-electron chi connectivity index (χ3n) is 1.84. The highest BCUT2D eigenvalue weighted by Crippen LogP contribution is 2.16. The second-order valence-corrected chi connectivity index (χ2v) is 2.75. The van der Waals surface area contributed by atoms with Crippen molar-refractivity contribution in [3.8, 4) is 5.88 Å². The fourth-order valence-corrected chi connectivity index (χ4v) is 1.07. The lowest BCUT2D eigenvalue weighted by Crippen LogP contribution is -2.12. The van der Waals surface area contributed by atoms with Crippen molar-refractivity contribution >= 4 is 0 Å². The van der Waals surface area contributed by atoms with E-state index in [1.54, 1.807) is 19.4 Å². The minimum atomic E-state index is -0.151. The van der Waals surface area contributed by atoms with Crippen molar-refractivity contribution in [3.63, 3.8) is 0 Å². The summed E-state index contributed by atoms with van der Waals surface area (Å²) >= 11 is 0. The largest absolute Gasteiger partial charge is 0.481 e. The summed E-state index contributed by atoms with van der Waals surface area (Å²) in [6.07, 6.45) is 2.19. The number of hydrogen-bond acceptors (Lipinski definition) is 4. The number of nitrogens with zero attached hydrogens (tertiary/aromatic N) is 1. The van der Waals surface area contributed by atoms with Crippen LogP contribution in [0.3, 0.4) is 0 Å². The molecule has 0 radical (unpaired) electrons. The van der Waals surface area contributed by atoms with Crippen molar-refractivity contribution in [1.82, 2.24) is 4.98 Å². The highest BCUT2D eigenvalue weighted by Gasteiger charge is 2.05. The molecule has 0 aliphatic heterocycles. The van der Waals surface area contributed by atoms with Crippen LogP contribution in [-0.2, 0) is 0 Å². The Labute approximate surface area is 77.4 Å². The van der Waals surface area contributed by atoms with E-state index < -0.39 is 0 Å². The summed E-state index contributed by atoms with van der Waals surface area (Å²) in [5.74, 6) is 0.547. The average Bonchev–Trinajstić information content (AvgIpc) is 2.18. The molecular weight excluding hydrogens is 168 g/mol. The molecule has 0 fully saturated rings. The smallest absolute Gasteiger partial charge is 0.213 e. The molecule has 0 aliphatic carbocycles. The monoisotopic (exact) mass is 182 g/mol. The summed E-state index contributed by atoms with van der Waals surface area (Å²) in [6.45, 7) is 0.0891. The van der Waals surface area contributed by atoms with Crippen LogP contribution in [-0.4, -0.2) is 23.8 Å².